The molecular weight excluding hydrogens is 311 g/mol. The Hall–Kier alpha value is -2.78. The highest BCUT2D eigenvalue weighted by molar-refractivity contribution is 6.43. The lowest BCUT2D eigenvalue weighted by molar-refractivity contribution is -0.120. The first-order chi connectivity index (χ1) is 11.6. The van der Waals surface area contributed by atoms with Crippen molar-refractivity contribution in [3.8, 4) is 0 Å². The Labute approximate surface area is 139 Å². The van der Waals surface area contributed by atoms with Crippen LogP contribution in [-0.4, -0.2) is 51.4 Å². The molecule has 1 aromatic carbocycles. The molecule has 1 aromatic heterocycles. The second-order valence-corrected chi connectivity index (χ2v) is 5.05. The minimum Gasteiger partial charge on any atom is -0.426 e. The van der Waals surface area contributed by atoms with Crippen LogP contribution in [-0.2, 0) is 11.2 Å². The Balaban J connectivity index is 1.85. The van der Waals surface area contributed by atoms with Crippen LogP contribution in [0, 0.1) is 0 Å². The second-order valence-electron chi connectivity index (χ2n) is 5.05. The molecule has 4 N–H and O–H groups in total. The fraction of sp³-hybridized carbons (Fsp3) is 0.200. The number of carbonyl (C=O) groups excluding carboxylic acids is 2. The van der Waals surface area contributed by atoms with Gasteiger partial charge >= 0.3 is 7.12 Å². The van der Waals surface area contributed by atoms with Crippen molar-refractivity contribution in [1.29, 1.82) is 0 Å². The maximum absolute atomic E-state index is 11.9. The van der Waals surface area contributed by atoms with Crippen molar-refractivity contribution in [3.63, 3.8) is 0 Å². The van der Waals surface area contributed by atoms with E-state index in [0.29, 0.717) is 0 Å². The lowest BCUT2D eigenvalue weighted by atomic mass is 9.76. The van der Waals surface area contributed by atoms with Crippen LogP contribution in [0.4, 0.5) is 0 Å². The van der Waals surface area contributed by atoms with Crippen molar-refractivity contribution in [2.45, 2.75) is 12.4 Å². The summed E-state index contributed by atoms with van der Waals surface area (Å²) in [6.45, 7) is -0.312. The maximum Gasteiger partial charge on any atom is 0.475 e. The first kappa shape index (κ1) is 17.6. The fourth-order valence-electron chi connectivity index (χ4n) is 2.02. The third-order valence-corrected chi connectivity index (χ3v) is 3.21. The van der Waals surface area contributed by atoms with E-state index in [1.54, 1.807) is 0 Å². The topological polar surface area (TPSA) is 124 Å². The molecule has 2 aromatic rings. The van der Waals surface area contributed by atoms with Gasteiger partial charge in [-0.25, -0.2) is 4.98 Å². The summed E-state index contributed by atoms with van der Waals surface area (Å²) in [5, 5.41) is 23.7. The van der Waals surface area contributed by atoms with Crippen LogP contribution in [0.3, 0.4) is 0 Å². The molecule has 2 rings (SSSR count). The van der Waals surface area contributed by atoms with E-state index in [9.17, 15) is 19.6 Å². The number of aromatic nitrogens is 2. The van der Waals surface area contributed by atoms with Gasteiger partial charge < -0.3 is 20.7 Å². The minimum atomic E-state index is -1.72. The summed E-state index contributed by atoms with van der Waals surface area (Å²) in [6.07, 6.45) is 4.33. The molecule has 0 saturated heterocycles. The number of amides is 2. The van der Waals surface area contributed by atoms with Gasteiger partial charge in [-0.15, -0.1) is 0 Å². The van der Waals surface area contributed by atoms with Crippen LogP contribution < -0.4 is 10.6 Å². The van der Waals surface area contributed by atoms with Crippen LogP contribution in [0.15, 0.2) is 48.9 Å². The quantitative estimate of drug-likeness (QED) is 0.481. The highest BCUT2D eigenvalue weighted by Gasteiger charge is 2.25. The van der Waals surface area contributed by atoms with E-state index in [1.807, 2.05) is 30.3 Å². The van der Waals surface area contributed by atoms with Gasteiger partial charge in [-0.2, -0.15) is 0 Å². The highest BCUT2D eigenvalue weighted by Crippen LogP contribution is 2.04. The molecule has 1 atom stereocenters. The standard InChI is InChI=1S/C15H17BN4O4/c21-14(10-19-15(22)12-9-17-6-7-18-12)20-13(16(23)24)8-11-4-2-1-3-5-11/h1-7,9,13,23-24H,8,10H2,(H,19,22)(H,20,21). The van der Waals surface area contributed by atoms with Crippen LogP contribution in [0.1, 0.15) is 16.1 Å². The number of benzene rings is 1. The van der Waals surface area contributed by atoms with Gasteiger partial charge in [0.25, 0.3) is 5.91 Å². The average molecular weight is 328 g/mol. The van der Waals surface area contributed by atoms with Crippen LogP contribution in [0.5, 0.6) is 0 Å². The zero-order chi connectivity index (χ0) is 17.4. The second kappa shape index (κ2) is 8.75. The Morgan fingerprint density at radius 1 is 1.17 bits per heavy atom. The number of nitrogens with one attached hydrogen (secondary N) is 2. The third-order valence-electron chi connectivity index (χ3n) is 3.21. The Kier molecular flexibility index (Phi) is 6.41. The number of carbonyl (C=O) groups is 2. The van der Waals surface area contributed by atoms with Crippen LogP contribution in [0.2, 0.25) is 0 Å². The number of rotatable bonds is 7. The molecule has 2 amide bonds. The molecule has 0 aliphatic heterocycles. The van der Waals surface area contributed by atoms with Gasteiger partial charge in [0.15, 0.2) is 0 Å². The molecule has 1 unspecified atom stereocenters. The fourth-order valence-corrected chi connectivity index (χ4v) is 2.02. The van der Waals surface area contributed by atoms with Crippen LogP contribution >= 0.6 is 0 Å². The van der Waals surface area contributed by atoms with E-state index in [-0.39, 0.29) is 18.7 Å². The number of hydrogen-bond donors (Lipinski definition) is 4. The third kappa shape index (κ3) is 5.45. The Bertz CT molecular complexity index is 670. The summed E-state index contributed by atoms with van der Waals surface area (Å²) in [6, 6.07) is 9.11. The van der Waals surface area contributed by atoms with E-state index >= 15 is 0 Å². The molecule has 0 radical (unpaired) electrons. The predicted octanol–water partition coefficient (Wildman–Crippen LogP) is -1.05. The van der Waals surface area contributed by atoms with Gasteiger partial charge in [-0.05, 0) is 12.0 Å². The molecule has 9 heteroatoms. The highest BCUT2D eigenvalue weighted by atomic mass is 16.4. The molecule has 0 aliphatic rings. The summed E-state index contributed by atoms with van der Waals surface area (Å²) >= 11 is 0. The van der Waals surface area contributed by atoms with Gasteiger partial charge in [-0.3, -0.25) is 14.6 Å². The zero-order valence-electron chi connectivity index (χ0n) is 12.8. The minimum absolute atomic E-state index is 0.0910. The van der Waals surface area contributed by atoms with Crippen molar-refractivity contribution in [1.82, 2.24) is 20.6 Å². The van der Waals surface area contributed by atoms with Gasteiger partial charge in [-0.1, -0.05) is 30.3 Å². The summed E-state index contributed by atoms with van der Waals surface area (Å²) in [4.78, 5) is 31.2. The zero-order valence-corrected chi connectivity index (χ0v) is 12.8. The molecular formula is C15H17BN4O4. The molecule has 0 saturated carbocycles. The molecule has 0 aliphatic carbocycles. The molecule has 8 nitrogen and oxygen atoms in total. The van der Waals surface area contributed by atoms with Crippen molar-refractivity contribution >= 4 is 18.9 Å². The lowest BCUT2D eigenvalue weighted by Crippen LogP contribution is -2.50. The molecule has 0 fully saturated rings. The average Bonchev–Trinajstić information content (AvgIpc) is 2.60. The maximum atomic E-state index is 11.9. The predicted molar refractivity (Wildman–Crippen MR) is 86.6 cm³/mol. The summed E-state index contributed by atoms with van der Waals surface area (Å²) in [7, 11) is -1.72. The lowest BCUT2D eigenvalue weighted by Gasteiger charge is -2.18. The van der Waals surface area contributed by atoms with Gasteiger partial charge in [0.1, 0.15) is 5.69 Å². The van der Waals surface area contributed by atoms with E-state index < -0.39 is 24.9 Å². The summed E-state index contributed by atoms with van der Waals surface area (Å²) < 4.78 is 0. The molecule has 0 bridgehead atoms. The molecule has 124 valence electrons. The molecule has 1 heterocycles. The van der Waals surface area contributed by atoms with E-state index in [2.05, 4.69) is 20.6 Å². The van der Waals surface area contributed by atoms with E-state index in [0.717, 1.165) is 5.56 Å². The summed E-state index contributed by atoms with van der Waals surface area (Å²) in [5.74, 6) is -1.96. The van der Waals surface area contributed by atoms with Gasteiger partial charge in [0.05, 0.1) is 18.7 Å². The summed E-state index contributed by atoms with van der Waals surface area (Å²) in [5.41, 5.74) is 0.938. The van der Waals surface area contributed by atoms with E-state index in [4.69, 9.17) is 0 Å². The molecule has 24 heavy (non-hydrogen) atoms. The number of nitrogens with zero attached hydrogens (tertiary/aromatic N) is 2. The number of hydrogen-bond acceptors (Lipinski definition) is 6. The SMILES string of the molecule is O=C(CNC(=O)c1cnccn1)NC(Cc1ccccc1)B(O)O. The van der Waals surface area contributed by atoms with Gasteiger partial charge in [0.2, 0.25) is 5.91 Å². The Morgan fingerprint density at radius 3 is 2.54 bits per heavy atom. The Morgan fingerprint density at radius 2 is 1.92 bits per heavy atom. The van der Waals surface area contributed by atoms with Crippen LogP contribution in [0.25, 0.3) is 0 Å². The largest absolute Gasteiger partial charge is 0.475 e. The van der Waals surface area contributed by atoms with E-state index in [1.165, 1.54) is 18.6 Å². The van der Waals surface area contributed by atoms with Crippen molar-refractivity contribution in [3.05, 3.63) is 60.2 Å². The first-order valence-electron chi connectivity index (χ1n) is 7.30. The van der Waals surface area contributed by atoms with Crippen molar-refractivity contribution in [2.24, 2.45) is 0 Å². The first-order valence-corrected chi connectivity index (χ1v) is 7.30. The smallest absolute Gasteiger partial charge is 0.426 e. The normalized spacial score (nSPS) is 11.4. The van der Waals surface area contributed by atoms with Gasteiger partial charge in [0, 0.05) is 12.4 Å². The van der Waals surface area contributed by atoms with Crippen molar-refractivity contribution < 1.29 is 19.6 Å². The molecule has 0 spiro atoms. The monoisotopic (exact) mass is 328 g/mol. The van der Waals surface area contributed by atoms with Crippen molar-refractivity contribution in [2.75, 3.05) is 6.54 Å².